The van der Waals surface area contributed by atoms with Crippen LogP contribution in [0.5, 0.6) is 5.75 Å². The van der Waals surface area contributed by atoms with E-state index in [1.165, 1.54) is 23.4 Å². The molecule has 1 saturated heterocycles. The molecule has 2 fully saturated rings. The quantitative estimate of drug-likeness (QED) is 0.696. The topological polar surface area (TPSA) is 46.4 Å². The third-order valence-electron chi connectivity index (χ3n) is 6.90. The van der Waals surface area contributed by atoms with E-state index in [2.05, 4.69) is 37.8 Å². The third kappa shape index (κ3) is 6.34. The van der Waals surface area contributed by atoms with Gasteiger partial charge >= 0.3 is 0 Å². The summed E-state index contributed by atoms with van der Waals surface area (Å²) in [7, 11) is 1.70. The molecule has 4 atom stereocenters. The monoisotopic (exact) mass is 405 g/mol. The Morgan fingerprint density at radius 1 is 1.14 bits per heavy atom. The van der Waals surface area contributed by atoms with Crippen LogP contribution in [-0.4, -0.2) is 63.8 Å². The second-order valence-corrected chi connectivity index (χ2v) is 9.49. The van der Waals surface area contributed by atoms with Gasteiger partial charge in [0.25, 0.3) is 0 Å². The summed E-state index contributed by atoms with van der Waals surface area (Å²) in [5.74, 6) is 2.93. The lowest BCUT2D eigenvalue weighted by Gasteiger charge is -2.38. The van der Waals surface area contributed by atoms with Gasteiger partial charge in [-0.1, -0.05) is 27.2 Å². The Bertz CT molecular complexity index is 599. The average Bonchev–Trinajstić information content (AvgIpc) is 2.73. The number of ether oxygens (including phenoxy) is 2. The molecule has 3 rings (SSSR count). The van der Waals surface area contributed by atoms with Crippen molar-refractivity contribution in [1.29, 1.82) is 0 Å². The lowest BCUT2D eigenvalue weighted by atomic mass is 9.75. The van der Waals surface area contributed by atoms with Crippen LogP contribution in [0.15, 0.2) is 24.3 Å². The highest BCUT2D eigenvalue weighted by Crippen LogP contribution is 2.35. The number of hydrogen-bond donors (Lipinski definition) is 2. The zero-order valence-corrected chi connectivity index (χ0v) is 18.8. The standard InChI is InChI=1S/C24H40N2O3/c1-18(2)23-10-5-19(3)15-24(23)29-17-21(27)16-25-11-13-26(14-12-25)20-6-8-22(28-4)9-7-20/h6-9,18-19,21,23-24,27H,5,10-17H2,1-4H3/p+1/t19-,21-,23-,24-/m1/s1. The molecule has 29 heavy (non-hydrogen) atoms. The van der Waals surface area contributed by atoms with Crippen molar-refractivity contribution >= 4 is 5.69 Å². The van der Waals surface area contributed by atoms with E-state index < -0.39 is 0 Å². The van der Waals surface area contributed by atoms with Crippen molar-refractivity contribution in [3.8, 4) is 5.75 Å². The fraction of sp³-hybridized carbons (Fsp3) is 0.750. The summed E-state index contributed by atoms with van der Waals surface area (Å²) < 4.78 is 11.5. The minimum Gasteiger partial charge on any atom is -0.497 e. The van der Waals surface area contributed by atoms with Gasteiger partial charge in [0, 0.05) is 5.69 Å². The Morgan fingerprint density at radius 2 is 1.83 bits per heavy atom. The minimum atomic E-state index is -0.373. The van der Waals surface area contributed by atoms with E-state index in [4.69, 9.17) is 9.47 Å². The largest absolute Gasteiger partial charge is 0.497 e. The van der Waals surface area contributed by atoms with Gasteiger partial charge < -0.3 is 24.4 Å². The summed E-state index contributed by atoms with van der Waals surface area (Å²) in [6.07, 6.45) is 3.66. The zero-order valence-electron chi connectivity index (χ0n) is 18.8. The van der Waals surface area contributed by atoms with Crippen LogP contribution in [0, 0.1) is 17.8 Å². The number of quaternary nitrogens is 1. The lowest BCUT2D eigenvalue weighted by Crippen LogP contribution is -3.16. The molecule has 0 spiro atoms. The first kappa shape index (κ1) is 22.4. The SMILES string of the molecule is COc1ccc(N2CC[NH+](C[C@@H](O)CO[C@@H]3C[C@H](C)CC[C@@H]3C(C)C)CC2)cc1. The first-order valence-corrected chi connectivity index (χ1v) is 11.5. The predicted octanol–water partition coefficient (Wildman–Crippen LogP) is 2.24. The van der Waals surface area contributed by atoms with Crippen molar-refractivity contribution in [3.05, 3.63) is 24.3 Å². The summed E-state index contributed by atoms with van der Waals surface area (Å²) in [5, 5.41) is 10.6. The predicted molar refractivity (Wildman–Crippen MR) is 118 cm³/mol. The molecular formula is C24H41N2O3+. The number of nitrogens with one attached hydrogen (secondary N) is 1. The molecule has 0 amide bonds. The Hall–Kier alpha value is -1.30. The van der Waals surface area contributed by atoms with E-state index in [-0.39, 0.29) is 6.10 Å². The number of piperazine rings is 1. The molecule has 0 unspecified atom stereocenters. The van der Waals surface area contributed by atoms with Gasteiger partial charge in [-0.15, -0.1) is 0 Å². The second kappa shape index (κ2) is 10.6. The van der Waals surface area contributed by atoms with Crippen LogP contribution in [0.1, 0.15) is 40.0 Å². The molecule has 5 heteroatoms. The molecule has 1 aliphatic carbocycles. The summed E-state index contributed by atoms with van der Waals surface area (Å²) in [6, 6.07) is 8.30. The van der Waals surface area contributed by atoms with E-state index in [9.17, 15) is 5.11 Å². The van der Waals surface area contributed by atoms with Crippen molar-refractivity contribution in [1.82, 2.24) is 0 Å². The molecular weight excluding hydrogens is 364 g/mol. The second-order valence-electron chi connectivity index (χ2n) is 9.49. The summed E-state index contributed by atoms with van der Waals surface area (Å²) in [4.78, 5) is 3.89. The number of aliphatic hydroxyl groups is 1. The molecule has 1 heterocycles. The van der Waals surface area contributed by atoms with E-state index in [1.54, 1.807) is 7.11 Å². The zero-order chi connectivity index (χ0) is 20.8. The Morgan fingerprint density at radius 3 is 2.45 bits per heavy atom. The first-order chi connectivity index (χ1) is 14.0. The first-order valence-electron chi connectivity index (χ1n) is 11.5. The molecule has 5 nitrogen and oxygen atoms in total. The molecule has 164 valence electrons. The molecule has 0 aromatic heterocycles. The van der Waals surface area contributed by atoms with E-state index in [0.717, 1.165) is 50.8 Å². The van der Waals surface area contributed by atoms with E-state index in [0.29, 0.717) is 24.5 Å². The summed E-state index contributed by atoms with van der Waals surface area (Å²) >= 11 is 0. The molecule has 2 N–H and O–H groups in total. The molecule has 1 aromatic carbocycles. The Labute approximate surface area is 177 Å². The Balaban J connectivity index is 1.40. The van der Waals surface area contributed by atoms with E-state index in [1.807, 2.05) is 12.1 Å². The maximum absolute atomic E-state index is 10.6. The van der Waals surface area contributed by atoms with Crippen LogP contribution in [0.4, 0.5) is 5.69 Å². The highest BCUT2D eigenvalue weighted by Gasteiger charge is 2.32. The molecule has 1 aliphatic heterocycles. The van der Waals surface area contributed by atoms with Gasteiger partial charge in [0.05, 0.1) is 46.0 Å². The van der Waals surface area contributed by atoms with Gasteiger partial charge in [0.15, 0.2) is 0 Å². The number of rotatable bonds is 8. The number of hydrogen-bond acceptors (Lipinski definition) is 4. The van der Waals surface area contributed by atoms with Gasteiger partial charge in [-0.05, 0) is 54.9 Å². The van der Waals surface area contributed by atoms with Crippen molar-refractivity contribution in [2.45, 2.75) is 52.2 Å². The molecule has 1 saturated carbocycles. The van der Waals surface area contributed by atoms with Gasteiger partial charge in [-0.2, -0.15) is 0 Å². The maximum Gasteiger partial charge on any atom is 0.126 e. The van der Waals surface area contributed by atoms with Crippen molar-refractivity contribution in [3.63, 3.8) is 0 Å². The summed E-state index contributed by atoms with van der Waals surface area (Å²) in [6.45, 7) is 12.3. The summed E-state index contributed by atoms with van der Waals surface area (Å²) in [5.41, 5.74) is 1.25. The van der Waals surface area contributed by atoms with Gasteiger partial charge in [-0.25, -0.2) is 0 Å². The fourth-order valence-corrected chi connectivity index (χ4v) is 5.01. The highest BCUT2D eigenvalue weighted by molar-refractivity contribution is 5.49. The van der Waals surface area contributed by atoms with Crippen LogP contribution < -0.4 is 14.5 Å². The minimum absolute atomic E-state index is 0.315. The van der Waals surface area contributed by atoms with Gasteiger partial charge in [0.1, 0.15) is 18.4 Å². The number of benzene rings is 1. The lowest BCUT2D eigenvalue weighted by molar-refractivity contribution is -0.903. The van der Waals surface area contributed by atoms with Crippen LogP contribution in [0.3, 0.4) is 0 Å². The normalized spacial score (nSPS) is 27.2. The van der Waals surface area contributed by atoms with Crippen molar-refractivity contribution < 1.29 is 19.5 Å². The van der Waals surface area contributed by atoms with Crippen LogP contribution in [0.2, 0.25) is 0 Å². The molecule has 1 aromatic rings. The Kier molecular flexibility index (Phi) is 8.22. The highest BCUT2D eigenvalue weighted by atomic mass is 16.5. The average molecular weight is 406 g/mol. The van der Waals surface area contributed by atoms with E-state index >= 15 is 0 Å². The van der Waals surface area contributed by atoms with Crippen LogP contribution in [0.25, 0.3) is 0 Å². The maximum atomic E-state index is 10.6. The fourth-order valence-electron chi connectivity index (χ4n) is 5.01. The number of nitrogens with zero attached hydrogens (tertiary/aromatic N) is 1. The van der Waals surface area contributed by atoms with Crippen molar-refractivity contribution in [2.24, 2.45) is 17.8 Å². The van der Waals surface area contributed by atoms with Crippen LogP contribution >= 0.6 is 0 Å². The van der Waals surface area contributed by atoms with Crippen LogP contribution in [-0.2, 0) is 4.74 Å². The van der Waals surface area contributed by atoms with Crippen molar-refractivity contribution in [2.75, 3.05) is 51.3 Å². The molecule has 2 aliphatic rings. The third-order valence-corrected chi connectivity index (χ3v) is 6.90. The van der Waals surface area contributed by atoms with Gasteiger partial charge in [0.2, 0.25) is 0 Å². The number of aliphatic hydroxyl groups excluding tert-OH is 1. The smallest absolute Gasteiger partial charge is 0.126 e. The number of methoxy groups -OCH3 is 1. The van der Waals surface area contributed by atoms with Gasteiger partial charge in [-0.3, -0.25) is 0 Å². The molecule has 0 radical (unpaired) electrons. The molecule has 0 bridgehead atoms. The number of anilines is 1.